The molecule has 0 aliphatic rings. The summed E-state index contributed by atoms with van der Waals surface area (Å²) in [5.41, 5.74) is 0.817. The number of aromatic nitrogens is 1. The van der Waals surface area contributed by atoms with Crippen LogP contribution in [0.2, 0.25) is 5.02 Å². The maximum Gasteiger partial charge on any atom is 0.347 e. The van der Waals surface area contributed by atoms with E-state index in [2.05, 4.69) is 4.98 Å². The largest absolute Gasteiger partial charge is 0.403 e. The van der Waals surface area contributed by atoms with Gasteiger partial charge < -0.3 is 4.42 Å². The van der Waals surface area contributed by atoms with Crippen LogP contribution in [0.25, 0.3) is 22.4 Å². The summed E-state index contributed by atoms with van der Waals surface area (Å²) in [5.74, 6) is 0.0952. The minimum Gasteiger partial charge on any atom is -0.403 e. The van der Waals surface area contributed by atoms with Gasteiger partial charge in [0.05, 0.1) is 15.8 Å². The van der Waals surface area contributed by atoms with Crippen molar-refractivity contribution in [3.8, 4) is 11.5 Å². The van der Waals surface area contributed by atoms with Gasteiger partial charge in [0.1, 0.15) is 0 Å². The van der Waals surface area contributed by atoms with Crippen LogP contribution in [0, 0.1) is 17.0 Å². The van der Waals surface area contributed by atoms with E-state index < -0.39 is 10.5 Å². The first-order valence-corrected chi connectivity index (χ1v) is 6.69. The monoisotopic (exact) mass is 316 g/mol. The number of benzene rings is 2. The standard InChI is InChI=1S/C15H9ClN2O4/c1-8-6-9(2-5-13(8)18(20)21)14-17-12-7-10(16)3-4-11(12)15(19)22-14/h2-7H,1H3. The Morgan fingerprint density at radius 1 is 1.23 bits per heavy atom. The summed E-state index contributed by atoms with van der Waals surface area (Å²) in [6.45, 7) is 1.61. The van der Waals surface area contributed by atoms with E-state index in [0.717, 1.165) is 0 Å². The van der Waals surface area contributed by atoms with Crippen molar-refractivity contribution in [3.05, 3.63) is 67.5 Å². The van der Waals surface area contributed by atoms with Crippen molar-refractivity contribution < 1.29 is 9.34 Å². The van der Waals surface area contributed by atoms with E-state index >= 15 is 0 Å². The SMILES string of the molecule is Cc1cc(-c2nc3cc(Cl)ccc3c(=O)o2)ccc1[N+](=O)[O-]. The minimum absolute atomic E-state index is 0.00469. The van der Waals surface area contributed by atoms with Crippen LogP contribution in [0.5, 0.6) is 0 Å². The van der Waals surface area contributed by atoms with Crippen molar-refractivity contribution in [2.45, 2.75) is 6.92 Å². The molecule has 6 nitrogen and oxygen atoms in total. The van der Waals surface area contributed by atoms with Gasteiger partial charge in [-0.25, -0.2) is 9.78 Å². The van der Waals surface area contributed by atoms with Crippen LogP contribution in [-0.2, 0) is 0 Å². The Balaban J connectivity index is 2.20. The number of hydrogen-bond acceptors (Lipinski definition) is 5. The number of nitrogens with zero attached hydrogens (tertiary/aromatic N) is 2. The topological polar surface area (TPSA) is 86.2 Å². The van der Waals surface area contributed by atoms with Gasteiger partial charge in [0.2, 0.25) is 5.89 Å². The molecule has 3 aromatic rings. The summed E-state index contributed by atoms with van der Waals surface area (Å²) in [4.78, 5) is 26.6. The molecule has 1 aromatic heterocycles. The van der Waals surface area contributed by atoms with Crippen molar-refractivity contribution in [1.29, 1.82) is 0 Å². The highest BCUT2D eigenvalue weighted by Gasteiger charge is 2.14. The second-order valence-corrected chi connectivity index (χ2v) is 5.16. The molecular weight excluding hydrogens is 308 g/mol. The summed E-state index contributed by atoms with van der Waals surface area (Å²) in [6.07, 6.45) is 0. The summed E-state index contributed by atoms with van der Waals surface area (Å²) in [7, 11) is 0. The smallest absolute Gasteiger partial charge is 0.347 e. The van der Waals surface area contributed by atoms with Crippen molar-refractivity contribution >= 4 is 28.2 Å². The molecule has 1 heterocycles. The van der Waals surface area contributed by atoms with Crippen molar-refractivity contribution in [3.63, 3.8) is 0 Å². The summed E-state index contributed by atoms with van der Waals surface area (Å²) >= 11 is 5.90. The number of nitro groups is 1. The highest BCUT2D eigenvalue weighted by Crippen LogP contribution is 2.25. The molecular formula is C15H9ClN2O4. The first-order valence-electron chi connectivity index (χ1n) is 6.31. The molecule has 0 N–H and O–H groups in total. The lowest BCUT2D eigenvalue weighted by molar-refractivity contribution is -0.385. The maximum atomic E-state index is 12.0. The zero-order chi connectivity index (χ0) is 15.9. The normalized spacial score (nSPS) is 10.8. The van der Waals surface area contributed by atoms with Gasteiger partial charge in [0.25, 0.3) is 5.69 Å². The van der Waals surface area contributed by atoms with Gasteiger partial charge in [-0.3, -0.25) is 10.1 Å². The van der Waals surface area contributed by atoms with Crippen LogP contribution < -0.4 is 5.63 Å². The molecule has 0 aliphatic carbocycles. The number of hydrogen-bond donors (Lipinski definition) is 0. The van der Waals surface area contributed by atoms with Crippen molar-refractivity contribution in [2.75, 3.05) is 0 Å². The van der Waals surface area contributed by atoms with Gasteiger partial charge >= 0.3 is 5.63 Å². The van der Waals surface area contributed by atoms with Crippen LogP contribution in [0.4, 0.5) is 5.69 Å². The highest BCUT2D eigenvalue weighted by atomic mass is 35.5. The molecule has 0 spiro atoms. The molecule has 3 rings (SSSR count). The van der Waals surface area contributed by atoms with Gasteiger partial charge in [-0.15, -0.1) is 0 Å². The second-order valence-electron chi connectivity index (χ2n) is 4.73. The Bertz CT molecular complexity index is 965. The fraction of sp³-hybridized carbons (Fsp3) is 0.0667. The summed E-state index contributed by atoms with van der Waals surface area (Å²) < 4.78 is 5.19. The third-order valence-electron chi connectivity index (χ3n) is 3.23. The predicted molar refractivity (Wildman–Crippen MR) is 82.1 cm³/mol. The molecule has 110 valence electrons. The number of fused-ring (bicyclic) bond motifs is 1. The first kappa shape index (κ1) is 14.2. The zero-order valence-electron chi connectivity index (χ0n) is 11.4. The molecule has 22 heavy (non-hydrogen) atoms. The average Bonchev–Trinajstić information content (AvgIpc) is 2.46. The Hall–Kier alpha value is -2.73. The molecule has 2 aromatic carbocycles. The van der Waals surface area contributed by atoms with E-state index in [9.17, 15) is 14.9 Å². The van der Waals surface area contributed by atoms with E-state index in [4.69, 9.17) is 16.0 Å². The van der Waals surface area contributed by atoms with Crippen molar-refractivity contribution in [1.82, 2.24) is 4.98 Å². The van der Waals surface area contributed by atoms with E-state index in [1.165, 1.54) is 12.1 Å². The molecule has 0 radical (unpaired) electrons. The third kappa shape index (κ3) is 2.44. The third-order valence-corrected chi connectivity index (χ3v) is 3.47. The van der Waals surface area contributed by atoms with Gasteiger partial charge in [-0.1, -0.05) is 11.6 Å². The van der Waals surface area contributed by atoms with Gasteiger partial charge in [-0.05, 0) is 37.3 Å². The fourth-order valence-corrected chi connectivity index (χ4v) is 2.33. The Morgan fingerprint density at radius 3 is 2.68 bits per heavy atom. The Kier molecular flexibility index (Phi) is 3.38. The second kappa shape index (κ2) is 5.23. The molecule has 0 atom stereocenters. The Labute approximate surface area is 129 Å². The molecule has 0 bridgehead atoms. The van der Waals surface area contributed by atoms with Gasteiger partial charge in [0.15, 0.2) is 0 Å². The Morgan fingerprint density at radius 2 is 2.00 bits per heavy atom. The molecule has 0 fully saturated rings. The first-order chi connectivity index (χ1) is 10.5. The van der Waals surface area contributed by atoms with Crippen LogP contribution in [-0.4, -0.2) is 9.91 Å². The number of halogens is 1. The quantitative estimate of drug-likeness (QED) is 0.531. The van der Waals surface area contributed by atoms with Crippen LogP contribution >= 0.6 is 11.6 Å². The minimum atomic E-state index is -0.535. The van der Waals surface area contributed by atoms with E-state index in [1.807, 2.05) is 0 Å². The van der Waals surface area contributed by atoms with E-state index in [-0.39, 0.29) is 11.6 Å². The van der Waals surface area contributed by atoms with Crippen molar-refractivity contribution in [2.24, 2.45) is 0 Å². The van der Waals surface area contributed by atoms with Crippen LogP contribution in [0.1, 0.15) is 5.56 Å². The molecule has 0 unspecified atom stereocenters. The fourth-order valence-electron chi connectivity index (χ4n) is 2.16. The lowest BCUT2D eigenvalue weighted by Gasteiger charge is -2.03. The molecule has 7 heteroatoms. The number of nitro benzene ring substituents is 1. The van der Waals surface area contributed by atoms with Gasteiger partial charge in [-0.2, -0.15) is 0 Å². The van der Waals surface area contributed by atoms with Crippen LogP contribution in [0.3, 0.4) is 0 Å². The maximum absolute atomic E-state index is 12.0. The molecule has 0 saturated heterocycles. The van der Waals surface area contributed by atoms with E-state index in [0.29, 0.717) is 27.1 Å². The van der Waals surface area contributed by atoms with Gasteiger partial charge in [0, 0.05) is 22.2 Å². The molecule has 0 saturated carbocycles. The van der Waals surface area contributed by atoms with E-state index in [1.54, 1.807) is 31.2 Å². The number of rotatable bonds is 2. The molecule has 0 aliphatic heterocycles. The highest BCUT2D eigenvalue weighted by molar-refractivity contribution is 6.31. The average molecular weight is 317 g/mol. The predicted octanol–water partition coefficient (Wildman–Crippen LogP) is 3.73. The lowest BCUT2D eigenvalue weighted by atomic mass is 10.1. The summed E-state index contributed by atoms with van der Waals surface area (Å²) in [6, 6.07) is 9.09. The molecule has 0 amide bonds. The lowest BCUT2D eigenvalue weighted by Crippen LogP contribution is -2.03. The zero-order valence-corrected chi connectivity index (χ0v) is 12.1. The summed E-state index contributed by atoms with van der Waals surface area (Å²) in [5, 5.41) is 11.6. The van der Waals surface area contributed by atoms with Crippen LogP contribution in [0.15, 0.2) is 45.6 Å². The number of aryl methyl sites for hydroxylation is 1.